The summed E-state index contributed by atoms with van der Waals surface area (Å²) >= 11 is 0. The molecule has 2 N–H and O–H groups in total. The first-order valence-electron chi connectivity index (χ1n) is 5.15. The van der Waals surface area contributed by atoms with Gasteiger partial charge >= 0.3 is 0 Å². The van der Waals surface area contributed by atoms with E-state index in [0.29, 0.717) is 0 Å². The van der Waals surface area contributed by atoms with Crippen LogP contribution in [0, 0.1) is 0 Å². The van der Waals surface area contributed by atoms with Crippen molar-refractivity contribution >= 4 is 0 Å². The Hall–Kier alpha value is -0.540. The van der Waals surface area contributed by atoms with E-state index in [-0.39, 0.29) is 6.04 Å². The van der Waals surface area contributed by atoms with Crippen LogP contribution in [0.25, 0.3) is 0 Å². The van der Waals surface area contributed by atoms with E-state index in [4.69, 9.17) is 10.5 Å². The molecule has 1 unspecified atom stereocenters. The smallest absolute Gasteiger partial charge is 0.0912 e. The normalized spacial score (nSPS) is 25.8. The summed E-state index contributed by atoms with van der Waals surface area (Å²) < 4.78 is 5.18. The van der Waals surface area contributed by atoms with E-state index < -0.39 is 0 Å². The third-order valence-electron chi connectivity index (χ3n) is 2.87. The molecule has 2 aliphatic heterocycles. The molecule has 0 aromatic rings. The molecule has 0 aromatic heterocycles. The Morgan fingerprint density at radius 3 is 2.85 bits per heavy atom. The van der Waals surface area contributed by atoms with Crippen LogP contribution in [0.1, 0.15) is 19.3 Å². The molecule has 0 aliphatic carbocycles. The molecule has 0 radical (unpaired) electrons. The molecule has 0 bridgehead atoms. The summed E-state index contributed by atoms with van der Waals surface area (Å²) in [6.45, 7) is 4.28. The number of rotatable bonds is 3. The largest absolute Gasteiger partial charge is 0.501 e. The standard InChI is InChI=1S/C10H18N2O/c11-10(9-3-6-13-8-9)7-12-4-1-2-5-12/h8,10H,1-7,11H2. The van der Waals surface area contributed by atoms with Gasteiger partial charge in [0.25, 0.3) is 0 Å². The third-order valence-corrected chi connectivity index (χ3v) is 2.87. The number of nitrogens with zero attached hydrogens (tertiary/aromatic N) is 1. The Kier molecular flexibility index (Phi) is 2.86. The lowest BCUT2D eigenvalue weighted by Gasteiger charge is -2.20. The fraction of sp³-hybridized carbons (Fsp3) is 0.800. The molecule has 1 atom stereocenters. The Bertz CT molecular complexity index is 197. The van der Waals surface area contributed by atoms with Crippen molar-refractivity contribution in [2.45, 2.75) is 25.3 Å². The summed E-state index contributed by atoms with van der Waals surface area (Å²) in [6.07, 6.45) is 5.54. The summed E-state index contributed by atoms with van der Waals surface area (Å²) in [4.78, 5) is 2.45. The van der Waals surface area contributed by atoms with E-state index in [1.54, 1.807) is 0 Å². The quantitative estimate of drug-likeness (QED) is 0.698. The van der Waals surface area contributed by atoms with Crippen molar-refractivity contribution in [1.29, 1.82) is 0 Å². The number of hydrogen-bond acceptors (Lipinski definition) is 3. The van der Waals surface area contributed by atoms with Crippen molar-refractivity contribution in [3.8, 4) is 0 Å². The van der Waals surface area contributed by atoms with Crippen molar-refractivity contribution in [3.63, 3.8) is 0 Å². The minimum atomic E-state index is 0.195. The van der Waals surface area contributed by atoms with E-state index in [9.17, 15) is 0 Å². The van der Waals surface area contributed by atoms with E-state index in [1.165, 1.54) is 31.5 Å². The topological polar surface area (TPSA) is 38.5 Å². The maximum Gasteiger partial charge on any atom is 0.0912 e. The highest BCUT2D eigenvalue weighted by Gasteiger charge is 2.19. The van der Waals surface area contributed by atoms with Gasteiger partial charge in [0.2, 0.25) is 0 Å². The van der Waals surface area contributed by atoms with Crippen LogP contribution in [0.2, 0.25) is 0 Å². The number of nitrogens with two attached hydrogens (primary N) is 1. The lowest BCUT2D eigenvalue weighted by atomic mass is 10.1. The molecule has 0 saturated carbocycles. The second-order valence-electron chi connectivity index (χ2n) is 3.93. The van der Waals surface area contributed by atoms with Crippen LogP contribution in [-0.4, -0.2) is 37.2 Å². The maximum atomic E-state index is 6.07. The van der Waals surface area contributed by atoms with Gasteiger partial charge in [-0.1, -0.05) is 0 Å². The van der Waals surface area contributed by atoms with Crippen LogP contribution in [0.5, 0.6) is 0 Å². The van der Waals surface area contributed by atoms with Crippen LogP contribution >= 0.6 is 0 Å². The van der Waals surface area contributed by atoms with Gasteiger partial charge < -0.3 is 15.4 Å². The Morgan fingerprint density at radius 2 is 2.23 bits per heavy atom. The molecule has 2 aliphatic rings. The Morgan fingerprint density at radius 1 is 1.46 bits per heavy atom. The van der Waals surface area contributed by atoms with E-state index in [0.717, 1.165) is 19.6 Å². The van der Waals surface area contributed by atoms with Gasteiger partial charge in [0.05, 0.1) is 12.9 Å². The van der Waals surface area contributed by atoms with Crippen molar-refractivity contribution in [1.82, 2.24) is 4.90 Å². The molecule has 2 heterocycles. The molecule has 3 nitrogen and oxygen atoms in total. The number of hydrogen-bond donors (Lipinski definition) is 1. The molecule has 13 heavy (non-hydrogen) atoms. The van der Waals surface area contributed by atoms with Gasteiger partial charge in [-0.2, -0.15) is 0 Å². The second-order valence-corrected chi connectivity index (χ2v) is 3.93. The molecule has 0 spiro atoms. The monoisotopic (exact) mass is 182 g/mol. The zero-order chi connectivity index (χ0) is 9.10. The van der Waals surface area contributed by atoms with Crippen LogP contribution in [0.4, 0.5) is 0 Å². The molecule has 0 amide bonds. The zero-order valence-electron chi connectivity index (χ0n) is 8.04. The molecule has 1 saturated heterocycles. The first-order valence-corrected chi connectivity index (χ1v) is 5.15. The van der Waals surface area contributed by atoms with Crippen LogP contribution in [-0.2, 0) is 4.74 Å². The highest BCUT2D eigenvalue weighted by atomic mass is 16.5. The zero-order valence-corrected chi connectivity index (χ0v) is 8.04. The molecule has 3 heteroatoms. The summed E-state index contributed by atoms with van der Waals surface area (Å²) in [7, 11) is 0. The van der Waals surface area contributed by atoms with E-state index in [2.05, 4.69) is 4.90 Å². The van der Waals surface area contributed by atoms with Gasteiger partial charge in [0.15, 0.2) is 0 Å². The highest BCUT2D eigenvalue weighted by Crippen LogP contribution is 2.16. The molecule has 2 rings (SSSR count). The van der Waals surface area contributed by atoms with Gasteiger partial charge in [0, 0.05) is 19.0 Å². The average molecular weight is 182 g/mol. The van der Waals surface area contributed by atoms with Crippen molar-refractivity contribution in [3.05, 3.63) is 11.8 Å². The van der Waals surface area contributed by atoms with Gasteiger partial charge in [-0.25, -0.2) is 0 Å². The van der Waals surface area contributed by atoms with Crippen molar-refractivity contribution < 1.29 is 4.74 Å². The van der Waals surface area contributed by atoms with Gasteiger partial charge in [-0.15, -0.1) is 0 Å². The second kappa shape index (κ2) is 4.11. The summed E-state index contributed by atoms with van der Waals surface area (Å²) in [5.74, 6) is 0. The molecular formula is C10H18N2O. The van der Waals surface area contributed by atoms with Crippen molar-refractivity contribution in [2.24, 2.45) is 5.73 Å². The van der Waals surface area contributed by atoms with E-state index >= 15 is 0 Å². The van der Waals surface area contributed by atoms with E-state index in [1.807, 2.05) is 6.26 Å². The fourth-order valence-corrected chi connectivity index (χ4v) is 2.04. The molecule has 74 valence electrons. The Labute approximate surface area is 79.5 Å². The lowest BCUT2D eigenvalue weighted by Crippen LogP contribution is -2.37. The predicted molar refractivity (Wildman–Crippen MR) is 52.3 cm³/mol. The lowest BCUT2D eigenvalue weighted by molar-refractivity contribution is 0.281. The predicted octanol–water partition coefficient (Wildman–Crippen LogP) is 0.714. The van der Waals surface area contributed by atoms with Gasteiger partial charge in [-0.05, 0) is 31.5 Å². The van der Waals surface area contributed by atoms with Crippen LogP contribution in [0.15, 0.2) is 11.8 Å². The Balaban J connectivity index is 1.79. The highest BCUT2D eigenvalue weighted by molar-refractivity contribution is 5.11. The SMILES string of the molecule is NC(CN1CCCC1)C1=COCC1. The van der Waals surface area contributed by atoms with Gasteiger partial charge in [-0.3, -0.25) is 0 Å². The molecular weight excluding hydrogens is 164 g/mol. The van der Waals surface area contributed by atoms with Crippen molar-refractivity contribution in [2.75, 3.05) is 26.2 Å². The maximum absolute atomic E-state index is 6.07. The van der Waals surface area contributed by atoms with Gasteiger partial charge in [0.1, 0.15) is 0 Å². The first kappa shape index (κ1) is 9.03. The fourth-order valence-electron chi connectivity index (χ4n) is 2.04. The number of ether oxygens (including phenoxy) is 1. The summed E-state index contributed by atoms with van der Waals surface area (Å²) in [5, 5.41) is 0. The van der Waals surface area contributed by atoms with Crippen LogP contribution < -0.4 is 5.73 Å². The minimum Gasteiger partial charge on any atom is -0.501 e. The first-order chi connectivity index (χ1) is 6.36. The van der Waals surface area contributed by atoms with Crippen LogP contribution in [0.3, 0.4) is 0 Å². The summed E-state index contributed by atoms with van der Waals surface area (Å²) in [5.41, 5.74) is 7.35. The molecule has 0 aromatic carbocycles. The molecule has 1 fully saturated rings. The number of likely N-dealkylation sites (tertiary alicyclic amines) is 1. The minimum absolute atomic E-state index is 0.195. The summed E-state index contributed by atoms with van der Waals surface area (Å²) in [6, 6.07) is 0.195. The third kappa shape index (κ3) is 2.23. The average Bonchev–Trinajstić information content (AvgIpc) is 2.74.